The van der Waals surface area contributed by atoms with E-state index in [0.29, 0.717) is 24.9 Å². The minimum Gasteiger partial charge on any atom is -0.383 e. The second-order valence-electron chi connectivity index (χ2n) is 5.86. The molecule has 25 heavy (non-hydrogen) atoms. The highest BCUT2D eigenvalue weighted by Gasteiger charge is 2.18. The summed E-state index contributed by atoms with van der Waals surface area (Å²) in [4.78, 5) is 11.8. The van der Waals surface area contributed by atoms with Crippen molar-refractivity contribution in [3.8, 4) is 11.4 Å². The zero-order chi connectivity index (χ0) is 17.4. The summed E-state index contributed by atoms with van der Waals surface area (Å²) in [5.74, 6) is 1.39. The standard InChI is InChI=1S/C18H19N5OS/c1-11-12(2)25-17-14(11)16-20-15(13-7-5-4-6-8-13)22-23(16)18(21-17)19-9-10-24-3/h4-8H,9-10H2,1-3H3,(H,19,21). The zero-order valence-electron chi connectivity index (χ0n) is 14.4. The van der Waals surface area contributed by atoms with Crippen molar-refractivity contribution in [2.24, 2.45) is 0 Å². The van der Waals surface area contributed by atoms with Crippen molar-refractivity contribution in [1.82, 2.24) is 19.6 Å². The van der Waals surface area contributed by atoms with Gasteiger partial charge in [-0.2, -0.15) is 4.52 Å². The highest BCUT2D eigenvalue weighted by molar-refractivity contribution is 7.18. The molecular formula is C18H19N5OS. The first-order valence-electron chi connectivity index (χ1n) is 8.13. The molecule has 7 heteroatoms. The van der Waals surface area contributed by atoms with E-state index in [-0.39, 0.29) is 0 Å². The van der Waals surface area contributed by atoms with Crippen LogP contribution in [0.2, 0.25) is 0 Å². The molecule has 4 aromatic rings. The number of benzene rings is 1. The van der Waals surface area contributed by atoms with Crippen LogP contribution in [0.25, 0.3) is 27.3 Å². The van der Waals surface area contributed by atoms with Gasteiger partial charge in [0, 0.05) is 24.1 Å². The van der Waals surface area contributed by atoms with E-state index in [1.807, 2.05) is 30.3 Å². The molecule has 0 radical (unpaired) electrons. The summed E-state index contributed by atoms with van der Waals surface area (Å²) in [6.45, 7) is 5.49. The van der Waals surface area contributed by atoms with Gasteiger partial charge < -0.3 is 10.1 Å². The Morgan fingerprint density at radius 3 is 2.72 bits per heavy atom. The van der Waals surface area contributed by atoms with E-state index >= 15 is 0 Å². The maximum absolute atomic E-state index is 5.13. The molecule has 0 saturated carbocycles. The number of aromatic nitrogens is 4. The first kappa shape index (κ1) is 16.0. The molecule has 0 unspecified atom stereocenters. The smallest absolute Gasteiger partial charge is 0.227 e. The second-order valence-corrected chi connectivity index (χ2v) is 7.06. The molecule has 3 heterocycles. The largest absolute Gasteiger partial charge is 0.383 e. The van der Waals surface area contributed by atoms with E-state index in [2.05, 4.69) is 19.2 Å². The number of hydrogen-bond acceptors (Lipinski definition) is 6. The van der Waals surface area contributed by atoms with Crippen LogP contribution in [0.1, 0.15) is 10.4 Å². The number of nitrogens with zero attached hydrogens (tertiary/aromatic N) is 4. The minimum absolute atomic E-state index is 0.601. The highest BCUT2D eigenvalue weighted by Crippen LogP contribution is 2.33. The Bertz CT molecular complexity index is 1040. The van der Waals surface area contributed by atoms with Crippen LogP contribution < -0.4 is 5.32 Å². The lowest BCUT2D eigenvalue weighted by molar-refractivity contribution is 0.210. The number of anilines is 1. The van der Waals surface area contributed by atoms with Gasteiger partial charge in [-0.15, -0.1) is 16.4 Å². The van der Waals surface area contributed by atoms with E-state index in [4.69, 9.17) is 19.8 Å². The third-order valence-electron chi connectivity index (χ3n) is 4.23. The van der Waals surface area contributed by atoms with Crippen molar-refractivity contribution in [1.29, 1.82) is 0 Å². The van der Waals surface area contributed by atoms with Crippen molar-refractivity contribution in [3.63, 3.8) is 0 Å². The fourth-order valence-electron chi connectivity index (χ4n) is 2.81. The van der Waals surface area contributed by atoms with Crippen molar-refractivity contribution in [2.45, 2.75) is 13.8 Å². The highest BCUT2D eigenvalue weighted by atomic mass is 32.1. The number of aryl methyl sites for hydroxylation is 2. The molecule has 0 aliphatic heterocycles. The Morgan fingerprint density at radius 1 is 1.16 bits per heavy atom. The van der Waals surface area contributed by atoms with E-state index in [1.54, 1.807) is 23.0 Å². The molecule has 1 aromatic carbocycles. The maximum Gasteiger partial charge on any atom is 0.227 e. The van der Waals surface area contributed by atoms with Gasteiger partial charge in [0.05, 0.1) is 12.0 Å². The Hall–Kier alpha value is -2.51. The molecular weight excluding hydrogens is 334 g/mol. The number of hydrogen-bond donors (Lipinski definition) is 1. The molecule has 1 N–H and O–H groups in total. The van der Waals surface area contributed by atoms with Gasteiger partial charge in [-0.25, -0.2) is 9.97 Å². The molecule has 4 rings (SSSR count). The summed E-state index contributed by atoms with van der Waals surface area (Å²) in [6, 6.07) is 10.0. The van der Waals surface area contributed by atoms with E-state index in [1.165, 1.54) is 10.4 Å². The number of fused-ring (bicyclic) bond motifs is 3. The molecule has 128 valence electrons. The number of rotatable bonds is 5. The maximum atomic E-state index is 5.13. The first-order chi connectivity index (χ1) is 12.2. The first-order valence-corrected chi connectivity index (χ1v) is 8.95. The number of methoxy groups -OCH3 is 1. The molecule has 0 bridgehead atoms. The topological polar surface area (TPSA) is 64.3 Å². The quantitative estimate of drug-likeness (QED) is 0.555. The van der Waals surface area contributed by atoms with Crippen LogP contribution in [-0.4, -0.2) is 39.8 Å². The summed E-state index contributed by atoms with van der Waals surface area (Å²) < 4.78 is 6.93. The summed E-state index contributed by atoms with van der Waals surface area (Å²) in [7, 11) is 1.68. The van der Waals surface area contributed by atoms with Crippen LogP contribution in [-0.2, 0) is 4.74 Å². The summed E-state index contributed by atoms with van der Waals surface area (Å²) >= 11 is 1.69. The van der Waals surface area contributed by atoms with Gasteiger partial charge in [0.25, 0.3) is 0 Å². The van der Waals surface area contributed by atoms with Crippen LogP contribution in [0, 0.1) is 13.8 Å². The third kappa shape index (κ3) is 2.75. The third-order valence-corrected chi connectivity index (χ3v) is 5.33. The predicted octanol–water partition coefficient (Wildman–Crippen LogP) is 3.68. The van der Waals surface area contributed by atoms with E-state index in [0.717, 1.165) is 21.4 Å². The Labute approximate surface area is 149 Å². The van der Waals surface area contributed by atoms with Crippen LogP contribution in [0.3, 0.4) is 0 Å². The number of ether oxygens (including phenoxy) is 1. The fraction of sp³-hybridized carbons (Fsp3) is 0.278. The van der Waals surface area contributed by atoms with Crippen molar-refractivity contribution in [3.05, 3.63) is 40.8 Å². The van der Waals surface area contributed by atoms with Gasteiger partial charge in [-0.05, 0) is 19.4 Å². The Balaban J connectivity index is 1.95. The predicted molar refractivity (Wildman–Crippen MR) is 101 cm³/mol. The minimum atomic E-state index is 0.601. The zero-order valence-corrected chi connectivity index (χ0v) is 15.2. The number of nitrogens with one attached hydrogen (secondary N) is 1. The van der Waals surface area contributed by atoms with Crippen molar-refractivity contribution >= 4 is 33.1 Å². The molecule has 0 aliphatic carbocycles. The van der Waals surface area contributed by atoms with Gasteiger partial charge in [0.2, 0.25) is 5.95 Å². The molecule has 0 atom stereocenters. The summed E-state index contributed by atoms with van der Waals surface area (Å²) in [6.07, 6.45) is 0. The molecule has 6 nitrogen and oxygen atoms in total. The fourth-order valence-corrected chi connectivity index (χ4v) is 3.83. The molecule has 0 spiro atoms. The van der Waals surface area contributed by atoms with Crippen molar-refractivity contribution < 1.29 is 4.74 Å². The summed E-state index contributed by atoms with van der Waals surface area (Å²) in [5.41, 5.74) is 3.05. The van der Waals surface area contributed by atoms with Crippen molar-refractivity contribution in [2.75, 3.05) is 25.6 Å². The number of thiophene rings is 1. The second kappa shape index (κ2) is 6.42. The van der Waals surface area contributed by atoms with Gasteiger partial charge >= 0.3 is 0 Å². The van der Waals surface area contributed by atoms with Gasteiger partial charge in [-0.3, -0.25) is 0 Å². The molecule has 3 aromatic heterocycles. The average molecular weight is 353 g/mol. The molecule has 0 fully saturated rings. The normalized spacial score (nSPS) is 11.5. The average Bonchev–Trinajstić information content (AvgIpc) is 3.18. The molecule has 0 amide bonds. The van der Waals surface area contributed by atoms with Crippen LogP contribution >= 0.6 is 11.3 Å². The Morgan fingerprint density at radius 2 is 1.96 bits per heavy atom. The van der Waals surface area contributed by atoms with Gasteiger partial charge in [-0.1, -0.05) is 30.3 Å². The summed E-state index contributed by atoms with van der Waals surface area (Å²) in [5, 5.41) is 9.09. The lowest BCUT2D eigenvalue weighted by Crippen LogP contribution is -2.12. The lowest BCUT2D eigenvalue weighted by atomic mass is 10.2. The SMILES string of the molecule is COCCNc1nc2sc(C)c(C)c2c2nc(-c3ccccc3)nn12. The molecule has 0 aliphatic rings. The van der Waals surface area contributed by atoms with Crippen LogP contribution in [0.15, 0.2) is 30.3 Å². The molecule has 0 saturated heterocycles. The monoisotopic (exact) mass is 353 g/mol. The van der Waals surface area contributed by atoms with Gasteiger partial charge in [0.1, 0.15) is 4.83 Å². The van der Waals surface area contributed by atoms with E-state index < -0.39 is 0 Å². The van der Waals surface area contributed by atoms with Crippen LogP contribution in [0.4, 0.5) is 5.95 Å². The van der Waals surface area contributed by atoms with E-state index in [9.17, 15) is 0 Å². The Kier molecular flexibility index (Phi) is 4.10. The lowest BCUT2D eigenvalue weighted by Gasteiger charge is -2.07. The van der Waals surface area contributed by atoms with Gasteiger partial charge in [0.15, 0.2) is 11.5 Å². The van der Waals surface area contributed by atoms with Crippen LogP contribution in [0.5, 0.6) is 0 Å².